The zero-order valence-electron chi connectivity index (χ0n) is 20.6. The van der Waals surface area contributed by atoms with Crippen LogP contribution in [-0.2, 0) is 11.3 Å². The Morgan fingerprint density at radius 2 is 1.64 bits per heavy atom. The summed E-state index contributed by atoms with van der Waals surface area (Å²) in [6.45, 7) is 6.37. The normalized spacial score (nSPS) is 14.9. The summed E-state index contributed by atoms with van der Waals surface area (Å²) in [6.07, 6.45) is 1.44. The Morgan fingerprint density at radius 1 is 1.00 bits per heavy atom. The lowest BCUT2D eigenvalue weighted by Gasteiger charge is -2.38. The molecule has 0 aliphatic carbocycles. The molecule has 188 valence electrons. The van der Waals surface area contributed by atoms with E-state index in [4.69, 9.17) is 16.3 Å². The van der Waals surface area contributed by atoms with E-state index < -0.39 is 6.04 Å². The van der Waals surface area contributed by atoms with Crippen molar-refractivity contribution < 1.29 is 14.3 Å². The summed E-state index contributed by atoms with van der Waals surface area (Å²) < 4.78 is 5.57. The van der Waals surface area contributed by atoms with Crippen LogP contribution >= 0.6 is 11.6 Å². The van der Waals surface area contributed by atoms with Gasteiger partial charge in [0.05, 0.1) is 11.7 Å². The van der Waals surface area contributed by atoms with Gasteiger partial charge in [-0.3, -0.25) is 14.5 Å². The predicted octanol–water partition coefficient (Wildman–Crippen LogP) is 4.34. The Hall–Kier alpha value is -3.42. The maximum absolute atomic E-state index is 13.3. The molecule has 4 rings (SSSR count). The number of pyridine rings is 1. The molecule has 8 heteroatoms. The van der Waals surface area contributed by atoms with Crippen LogP contribution in [0.2, 0.25) is 5.02 Å². The fraction of sp³-hybridized carbons (Fsp3) is 0.321. The molecule has 0 bridgehead atoms. The van der Waals surface area contributed by atoms with Crippen molar-refractivity contribution in [3.8, 4) is 5.88 Å². The van der Waals surface area contributed by atoms with Gasteiger partial charge < -0.3 is 15.0 Å². The lowest BCUT2D eigenvalue weighted by Crippen LogP contribution is -2.52. The van der Waals surface area contributed by atoms with E-state index in [9.17, 15) is 9.59 Å². The molecule has 3 aromatic rings. The molecule has 1 aromatic heterocycles. The lowest BCUT2D eigenvalue weighted by molar-refractivity contribution is -0.127. The van der Waals surface area contributed by atoms with E-state index in [1.165, 1.54) is 6.20 Å². The van der Waals surface area contributed by atoms with E-state index in [0.717, 1.165) is 11.1 Å². The molecule has 0 radical (unpaired) electrons. The number of rotatable bonds is 8. The van der Waals surface area contributed by atoms with Gasteiger partial charge in [-0.2, -0.15) is 0 Å². The average molecular weight is 507 g/mol. The first kappa shape index (κ1) is 25.7. The van der Waals surface area contributed by atoms with Gasteiger partial charge in [0, 0.05) is 38.9 Å². The van der Waals surface area contributed by atoms with Crippen LogP contribution in [0.1, 0.15) is 41.4 Å². The third-order valence-corrected chi connectivity index (χ3v) is 6.31. The highest BCUT2D eigenvalue weighted by Crippen LogP contribution is 2.26. The molecule has 0 saturated carbocycles. The summed E-state index contributed by atoms with van der Waals surface area (Å²) in [5.74, 6) is 0.131. The van der Waals surface area contributed by atoms with Crippen molar-refractivity contribution in [2.24, 2.45) is 0 Å². The summed E-state index contributed by atoms with van der Waals surface area (Å²) in [5, 5.41) is 3.40. The monoisotopic (exact) mass is 506 g/mol. The molecule has 0 spiro atoms. The van der Waals surface area contributed by atoms with Crippen LogP contribution in [0.5, 0.6) is 5.88 Å². The number of ether oxygens (including phenoxy) is 1. The number of hydrogen-bond donors (Lipinski definition) is 1. The SMILES string of the molecule is CC(C)Oc1ncc(C(=O)N2CCN([C@H](C(=O)NCc3ccccc3)c3ccccc3)CC2)cc1Cl. The molecule has 2 heterocycles. The molecule has 2 aromatic carbocycles. The minimum atomic E-state index is -0.434. The maximum atomic E-state index is 13.3. The van der Waals surface area contributed by atoms with Crippen LogP contribution in [0.25, 0.3) is 0 Å². The number of carbonyl (C=O) groups is 2. The van der Waals surface area contributed by atoms with Gasteiger partial charge in [0.1, 0.15) is 11.1 Å². The Morgan fingerprint density at radius 3 is 2.25 bits per heavy atom. The van der Waals surface area contributed by atoms with Crippen LogP contribution in [-0.4, -0.2) is 58.9 Å². The Balaban J connectivity index is 1.42. The molecular formula is C28H31ClN4O3. The second kappa shape index (κ2) is 12.0. The van der Waals surface area contributed by atoms with Crippen molar-refractivity contribution in [2.75, 3.05) is 26.2 Å². The second-order valence-electron chi connectivity index (χ2n) is 9.02. The van der Waals surface area contributed by atoms with Gasteiger partial charge in [0.15, 0.2) is 0 Å². The number of hydrogen-bond acceptors (Lipinski definition) is 5. The van der Waals surface area contributed by atoms with Crippen LogP contribution in [0.15, 0.2) is 72.9 Å². The van der Waals surface area contributed by atoms with E-state index in [-0.39, 0.29) is 17.9 Å². The van der Waals surface area contributed by atoms with Gasteiger partial charge in [-0.15, -0.1) is 0 Å². The summed E-state index contributed by atoms with van der Waals surface area (Å²) in [5.41, 5.74) is 2.40. The zero-order valence-corrected chi connectivity index (χ0v) is 21.3. The summed E-state index contributed by atoms with van der Waals surface area (Å²) in [6, 6.07) is 20.8. The molecule has 1 atom stereocenters. The van der Waals surface area contributed by atoms with Gasteiger partial charge in [-0.05, 0) is 31.0 Å². The number of carbonyl (C=O) groups excluding carboxylic acids is 2. The highest BCUT2D eigenvalue weighted by Gasteiger charge is 2.32. The molecular weight excluding hydrogens is 476 g/mol. The smallest absolute Gasteiger partial charge is 0.255 e. The molecule has 2 amide bonds. The number of nitrogens with zero attached hydrogens (tertiary/aromatic N) is 3. The maximum Gasteiger partial charge on any atom is 0.255 e. The second-order valence-corrected chi connectivity index (χ2v) is 9.43. The number of halogens is 1. The molecule has 0 unspecified atom stereocenters. The first-order valence-electron chi connectivity index (χ1n) is 12.1. The summed E-state index contributed by atoms with van der Waals surface area (Å²) in [7, 11) is 0. The third-order valence-electron chi connectivity index (χ3n) is 6.04. The number of piperazine rings is 1. The van der Waals surface area contributed by atoms with Gasteiger partial charge >= 0.3 is 0 Å². The van der Waals surface area contributed by atoms with Crippen LogP contribution < -0.4 is 10.1 Å². The summed E-state index contributed by atoms with van der Waals surface area (Å²) >= 11 is 6.29. The highest BCUT2D eigenvalue weighted by molar-refractivity contribution is 6.32. The molecule has 1 fully saturated rings. The van der Waals surface area contributed by atoms with E-state index in [0.29, 0.717) is 49.2 Å². The van der Waals surface area contributed by atoms with Gasteiger partial charge in [-0.25, -0.2) is 4.98 Å². The number of benzene rings is 2. The van der Waals surface area contributed by atoms with Gasteiger partial charge in [0.25, 0.3) is 5.91 Å². The fourth-order valence-electron chi connectivity index (χ4n) is 4.26. The van der Waals surface area contributed by atoms with Crippen molar-refractivity contribution in [2.45, 2.75) is 32.5 Å². The van der Waals surface area contributed by atoms with E-state index in [1.54, 1.807) is 11.0 Å². The Labute approximate surface area is 217 Å². The molecule has 36 heavy (non-hydrogen) atoms. The van der Waals surface area contributed by atoms with E-state index in [1.807, 2.05) is 74.5 Å². The Bertz CT molecular complexity index is 1170. The largest absolute Gasteiger partial charge is 0.474 e. The predicted molar refractivity (Wildman–Crippen MR) is 140 cm³/mol. The third kappa shape index (κ3) is 6.42. The van der Waals surface area contributed by atoms with Crippen LogP contribution in [0.3, 0.4) is 0 Å². The average Bonchev–Trinajstić information content (AvgIpc) is 2.90. The van der Waals surface area contributed by atoms with E-state index in [2.05, 4.69) is 15.2 Å². The fourth-order valence-corrected chi connectivity index (χ4v) is 4.47. The van der Waals surface area contributed by atoms with Crippen molar-refractivity contribution >= 4 is 23.4 Å². The van der Waals surface area contributed by atoms with Gasteiger partial charge in [-0.1, -0.05) is 72.3 Å². The van der Waals surface area contributed by atoms with Crippen LogP contribution in [0, 0.1) is 0 Å². The minimum Gasteiger partial charge on any atom is -0.474 e. The first-order chi connectivity index (χ1) is 17.4. The lowest BCUT2D eigenvalue weighted by atomic mass is 10.0. The van der Waals surface area contributed by atoms with Crippen molar-refractivity contribution in [3.05, 3.63) is 94.6 Å². The quantitative estimate of drug-likeness (QED) is 0.492. The first-order valence-corrected chi connectivity index (χ1v) is 12.5. The minimum absolute atomic E-state index is 0.0541. The molecule has 1 aliphatic rings. The number of amides is 2. The Kier molecular flexibility index (Phi) is 8.57. The summed E-state index contributed by atoms with van der Waals surface area (Å²) in [4.78, 5) is 34.6. The zero-order chi connectivity index (χ0) is 25.5. The van der Waals surface area contributed by atoms with Crippen molar-refractivity contribution in [1.29, 1.82) is 0 Å². The van der Waals surface area contributed by atoms with Crippen molar-refractivity contribution in [1.82, 2.24) is 20.1 Å². The number of nitrogens with one attached hydrogen (secondary N) is 1. The standard InChI is InChI=1S/C28H31ClN4O3/c1-20(2)36-27-24(29)17-23(19-31-27)28(35)33-15-13-32(14-16-33)25(22-11-7-4-8-12-22)26(34)30-18-21-9-5-3-6-10-21/h3-12,17,19-20,25H,13-16,18H2,1-2H3,(H,30,34)/t25-/m0/s1. The van der Waals surface area contributed by atoms with Gasteiger partial charge in [0.2, 0.25) is 11.8 Å². The van der Waals surface area contributed by atoms with Crippen molar-refractivity contribution in [3.63, 3.8) is 0 Å². The van der Waals surface area contributed by atoms with Crippen LogP contribution in [0.4, 0.5) is 0 Å². The topological polar surface area (TPSA) is 74.8 Å². The molecule has 1 N–H and O–H groups in total. The highest BCUT2D eigenvalue weighted by atomic mass is 35.5. The molecule has 1 saturated heterocycles. The molecule has 7 nitrogen and oxygen atoms in total. The molecule has 1 aliphatic heterocycles. The number of aromatic nitrogens is 1. The van der Waals surface area contributed by atoms with E-state index >= 15 is 0 Å².